The van der Waals surface area contributed by atoms with Crippen molar-refractivity contribution < 1.29 is 4.39 Å². The van der Waals surface area contributed by atoms with Gasteiger partial charge in [0.2, 0.25) is 0 Å². The topological polar surface area (TPSA) is 63.0 Å². The summed E-state index contributed by atoms with van der Waals surface area (Å²) in [6.07, 6.45) is 1.24. The second-order valence-electron chi connectivity index (χ2n) is 3.63. The average Bonchev–Trinajstić information content (AvgIpc) is 2.80. The van der Waals surface area contributed by atoms with Gasteiger partial charge in [0, 0.05) is 5.56 Å². The zero-order valence-electron chi connectivity index (χ0n) is 8.89. The van der Waals surface area contributed by atoms with Crippen molar-refractivity contribution in [1.82, 2.24) is 19.6 Å². The zero-order chi connectivity index (χ0) is 12.7. The summed E-state index contributed by atoms with van der Waals surface area (Å²) in [4.78, 5) is 19.7. The van der Waals surface area contributed by atoms with Gasteiger partial charge in [-0.15, -0.1) is 0 Å². The molecule has 0 saturated heterocycles. The van der Waals surface area contributed by atoms with Crippen LogP contribution in [0.4, 0.5) is 4.39 Å². The van der Waals surface area contributed by atoms with E-state index in [1.54, 1.807) is 12.1 Å². The highest BCUT2D eigenvalue weighted by atomic mass is 35.5. The monoisotopic (exact) mass is 264 g/mol. The van der Waals surface area contributed by atoms with E-state index in [2.05, 4.69) is 15.1 Å². The van der Waals surface area contributed by atoms with Crippen molar-refractivity contribution in [2.75, 3.05) is 0 Å². The summed E-state index contributed by atoms with van der Waals surface area (Å²) in [5.74, 6) is 0.291. The molecule has 0 spiro atoms. The van der Waals surface area contributed by atoms with Crippen LogP contribution in [0.25, 0.3) is 17.2 Å². The molecule has 0 unspecified atom stereocenters. The van der Waals surface area contributed by atoms with E-state index in [1.807, 2.05) is 0 Å². The van der Waals surface area contributed by atoms with Crippen LogP contribution in [0.5, 0.6) is 0 Å². The molecule has 90 valence electrons. The van der Waals surface area contributed by atoms with Gasteiger partial charge in [0.1, 0.15) is 10.8 Å². The molecule has 2 aromatic heterocycles. The molecule has 18 heavy (non-hydrogen) atoms. The fourth-order valence-corrected chi connectivity index (χ4v) is 1.71. The zero-order valence-corrected chi connectivity index (χ0v) is 9.65. The number of aromatic nitrogens is 4. The molecule has 5 nitrogen and oxygen atoms in total. The molecule has 3 aromatic rings. The Bertz CT molecular complexity index is 778. The number of hydrogen-bond donors (Lipinski definition) is 1. The third-order valence-electron chi connectivity index (χ3n) is 2.45. The Hall–Kier alpha value is -2.21. The van der Waals surface area contributed by atoms with Gasteiger partial charge < -0.3 is 0 Å². The van der Waals surface area contributed by atoms with Crippen LogP contribution in [-0.4, -0.2) is 19.6 Å². The average molecular weight is 265 g/mol. The van der Waals surface area contributed by atoms with Gasteiger partial charge in [-0.2, -0.15) is 9.50 Å². The molecular formula is C11H6ClFN4O. The highest BCUT2D eigenvalue weighted by Gasteiger charge is 2.09. The summed E-state index contributed by atoms with van der Waals surface area (Å²) in [5, 5.41) is 2.77. The molecule has 1 N–H and O–H groups in total. The lowest BCUT2D eigenvalue weighted by molar-refractivity contribution is 0.628. The number of nitrogens with zero attached hydrogens (tertiary/aromatic N) is 3. The van der Waals surface area contributed by atoms with Gasteiger partial charge >= 0.3 is 0 Å². The van der Waals surface area contributed by atoms with Gasteiger partial charge in [0.15, 0.2) is 5.82 Å². The third kappa shape index (κ3) is 1.67. The van der Waals surface area contributed by atoms with Crippen LogP contribution in [0.1, 0.15) is 0 Å². The highest BCUT2D eigenvalue weighted by Crippen LogP contribution is 2.15. The van der Waals surface area contributed by atoms with Gasteiger partial charge in [-0.3, -0.25) is 9.89 Å². The molecule has 0 amide bonds. The predicted octanol–water partition coefficient (Wildman–Crippen LogP) is 1.88. The summed E-state index contributed by atoms with van der Waals surface area (Å²) in [6.45, 7) is 0. The number of fused-ring (bicyclic) bond motifs is 1. The first-order chi connectivity index (χ1) is 8.65. The Balaban J connectivity index is 2.22. The van der Waals surface area contributed by atoms with Crippen LogP contribution in [0, 0.1) is 5.82 Å². The maximum absolute atomic E-state index is 12.8. The minimum atomic E-state index is -0.428. The molecule has 2 heterocycles. The predicted molar refractivity (Wildman–Crippen MR) is 64.0 cm³/mol. The SMILES string of the molecule is O=c1c(Cl)cnc2nc(-c3ccc(F)cc3)[nH]n12. The summed E-state index contributed by atoms with van der Waals surface area (Å²) < 4.78 is 13.9. The lowest BCUT2D eigenvalue weighted by Gasteiger charge is -1.94. The van der Waals surface area contributed by atoms with Crippen molar-refractivity contribution in [1.29, 1.82) is 0 Å². The van der Waals surface area contributed by atoms with Crippen molar-refractivity contribution in [2.45, 2.75) is 0 Å². The van der Waals surface area contributed by atoms with E-state index < -0.39 is 5.56 Å². The standard InChI is InChI=1S/C11H6ClFN4O/c12-8-5-14-11-15-9(16-17(11)10(8)18)6-1-3-7(13)4-2-6/h1-5H,(H,14,15,16). The first-order valence-electron chi connectivity index (χ1n) is 5.04. The van der Waals surface area contributed by atoms with Crippen molar-refractivity contribution in [3.8, 4) is 11.4 Å². The lowest BCUT2D eigenvalue weighted by Crippen LogP contribution is -2.14. The maximum atomic E-state index is 12.8. The van der Waals surface area contributed by atoms with Gasteiger partial charge in [-0.25, -0.2) is 9.37 Å². The first-order valence-corrected chi connectivity index (χ1v) is 5.42. The molecule has 1 aromatic carbocycles. The van der Waals surface area contributed by atoms with Crippen molar-refractivity contribution in [2.24, 2.45) is 0 Å². The third-order valence-corrected chi connectivity index (χ3v) is 2.71. The van der Waals surface area contributed by atoms with Crippen molar-refractivity contribution >= 4 is 17.4 Å². The minimum absolute atomic E-state index is 0.00167. The van der Waals surface area contributed by atoms with Crippen molar-refractivity contribution in [3.63, 3.8) is 0 Å². The van der Waals surface area contributed by atoms with E-state index in [0.717, 1.165) is 4.52 Å². The van der Waals surface area contributed by atoms with E-state index in [0.29, 0.717) is 11.4 Å². The molecule has 0 aliphatic heterocycles. The van der Waals surface area contributed by atoms with E-state index in [4.69, 9.17) is 11.6 Å². The molecule has 0 radical (unpaired) electrons. The molecule has 0 bridgehead atoms. The smallest absolute Gasteiger partial charge is 0.271 e. The van der Waals surface area contributed by atoms with Gasteiger partial charge in [0.05, 0.1) is 6.20 Å². The molecule has 0 aliphatic carbocycles. The molecule has 0 aliphatic rings. The number of aromatic amines is 1. The number of hydrogen-bond acceptors (Lipinski definition) is 3. The largest absolute Gasteiger partial charge is 0.292 e. The quantitative estimate of drug-likeness (QED) is 0.730. The summed E-state index contributed by atoms with van der Waals surface area (Å²) in [7, 11) is 0. The molecule has 0 saturated carbocycles. The number of rotatable bonds is 1. The Morgan fingerprint density at radius 3 is 2.72 bits per heavy atom. The highest BCUT2D eigenvalue weighted by molar-refractivity contribution is 6.30. The molecule has 0 atom stereocenters. The minimum Gasteiger partial charge on any atom is -0.271 e. The normalized spacial score (nSPS) is 11.0. The van der Waals surface area contributed by atoms with Gasteiger partial charge in [0.25, 0.3) is 11.3 Å². The maximum Gasteiger partial charge on any atom is 0.292 e. The van der Waals surface area contributed by atoms with Gasteiger partial charge in [-0.1, -0.05) is 11.6 Å². The van der Waals surface area contributed by atoms with Crippen LogP contribution in [0.3, 0.4) is 0 Å². The lowest BCUT2D eigenvalue weighted by atomic mass is 10.2. The Morgan fingerprint density at radius 2 is 2.00 bits per heavy atom. The first kappa shape index (κ1) is 10.9. The number of H-pyrrole nitrogens is 1. The molecule has 7 heteroatoms. The van der Waals surface area contributed by atoms with Crippen LogP contribution in [0.15, 0.2) is 35.3 Å². The van der Waals surface area contributed by atoms with E-state index in [9.17, 15) is 9.18 Å². The number of halogens is 2. The Kier molecular flexibility index (Phi) is 2.38. The van der Waals surface area contributed by atoms with Gasteiger partial charge in [-0.05, 0) is 24.3 Å². The van der Waals surface area contributed by atoms with E-state index in [-0.39, 0.29) is 16.6 Å². The van der Waals surface area contributed by atoms with Crippen LogP contribution in [0.2, 0.25) is 5.02 Å². The summed E-state index contributed by atoms with van der Waals surface area (Å²) in [5.41, 5.74) is 0.222. The fraction of sp³-hybridized carbons (Fsp3) is 0. The second kappa shape index (κ2) is 3.92. The van der Waals surface area contributed by atoms with Crippen LogP contribution < -0.4 is 5.56 Å². The summed E-state index contributed by atoms with van der Waals surface area (Å²) >= 11 is 5.67. The Morgan fingerprint density at radius 1 is 1.28 bits per heavy atom. The van der Waals surface area contributed by atoms with Crippen LogP contribution >= 0.6 is 11.6 Å². The van der Waals surface area contributed by atoms with E-state index in [1.165, 1.54) is 18.3 Å². The molecule has 3 rings (SSSR count). The molecular weight excluding hydrogens is 259 g/mol. The number of benzene rings is 1. The fourth-order valence-electron chi connectivity index (χ4n) is 1.57. The second-order valence-corrected chi connectivity index (χ2v) is 4.03. The summed E-state index contributed by atoms with van der Waals surface area (Å²) in [6, 6.07) is 5.73. The number of nitrogens with one attached hydrogen (secondary N) is 1. The van der Waals surface area contributed by atoms with Crippen LogP contribution in [-0.2, 0) is 0 Å². The molecule has 0 fully saturated rings. The van der Waals surface area contributed by atoms with Crippen molar-refractivity contribution in [3.05, 3.63) is 51.7 Å². The van der Waals surface area contributed by atoms with E-state index >= 15 is 0 Å². The Labute approximate surface area is 105 Å².